The Morgan fingerprint density at radius 2 is 2.06 bits per heavy atom. The Hall–Kier alpha value is -1.29. The van der Waals surface area contributed by atoms with Gasteiger partial charge in [0, 0.05) is 11.1 Å². The first-order valence-corrected chi connectivity index (χ1v) is 5.67. The summed E-state index contributed by atoms with van der Waals surface area (Å²) < 4.78 is 1.32. The molecule has 0 aliphatic carbocycles. The van der Waals surface area contributed by atoms with E-state index >= 15 is 0 Å². The molecule has 0 saturated heterocycles. The van der Waals surface area contributed by atoms with E-state index in [9.17, 15) is 15.0 Å². The van der Waals surface area contributed by atoms with Crippen LogP contribution < -0.4 is 5.56 Å². The second-order valence-electron chi connectivity index (χ2n) is 4.50. The van der Waals surface area contributed by atoms with Crippen molar-refractivity contribution in [2.75, 3.05) is 0 Å². The van der Waals surface area contributed by atoms with E-state index < -0.39 is 11.8 Å². The van der Waals surface area contributed by atoms with Crippen LogP contribution in [0.4, 0.5) is 0 Å². The number of hydrogen-bond donors (Lipinski definition) is 2. The van der Waals surface area contributed by atoms with Crippen LogP contribution in [0.15, 0.2) is 16.9 Å². The minimum Gasteiger partial charge on any atom is -0.503 e. The van der Waals surface area contributed by atoms with Crippen molar-refractivity contribution in [2.24, 2.45) is 5.41 Å². The molecule has 1 atom stereocenters. The minimum absolute atomic E-state index is 0.264. The van der Waals surface area contributed by atoms with Gasteiger partial charge in [0.2, 0.25) is 0 Å². The van der Waals surface area contributed by atoms with Gasteiger partial charge in [0.05, 0.1) is 0 Å². The molecule has 1 aliphatic heterocycles. The zero-order valence-corrected chi connectivity index (χ0v) is 9.60. The van der Waals surface area contributed by atoms with E-state index in [1.54, 1.807) is 6.07 Å². The van der Waals surface area contributed by atoms with Crippen LogP contribution >= 0.6 is 0 Å². The van der Waals surface area contributed by atoms with Crippen LogP contribution in [0.1, 0.15) is 38.6 Å². The highest BCUT2D eigenvalue weighted by Gasteiger charge is 2.43. The van der Waals surface area contributed by atoms with Crippen LogP contribution in [0, 0.1) is 5.41 Å². The molecule has 0 aromatic carbocycles. The van der Waals surface area contributed by atoms with Gasteiger partial charge in [-0.2, -0.15) is 0 Å². The molecular formula is C12H17NO3. The highest BCUT2D eigenvalue weighted by atomic mass is 16.3. The van der Waals surface area contributed by atoms with Crippen LogP contribution in [0.25, 0.3) is 0 Å². The molecular weight excluding hydrogens is 206 g/mol. The van der Waals surface area contributed by atoms with Gasteiger partial charge in [-0.1, -0.05) is 13.8 Å². The molecule has 0 fully saturated rings. The first kappa shape index (κ1) is 11.2. The fraction of sp³-hybridized carbons (Fsp3) is 0.583. The zero-order chi connectivity index (χ0) is 11.9. The van der Waals surface area contributed by atoms with E-state index in [2.05, 4.69) is 0 Å². The summed E-state index contributed by atoms with van der Waals surface area (Å²) in [6, 6.07) is 3.12. The van der Waals surface area contributed by atoms with Gasteiger partial charge in [0.15, 0.2) is 5.75 Å². The highest BCUT2D eigenvalue weighted by Crippen LogP contribution is 2.45. The van der Waals surface area contributed by atoms with Gasteiger partial charge in [-0.05, 0) is 31.4 Å². The smallest absolute Gasteiger partial charge is 0.294 e. The van der Waals surface area contributed by atoms with Crippen molar-refractivity contribution in [3.05, 3.63) is 28.2 Å². The molecule has 0 amide bonds. The summed E-state index contributed by atoms with van der Waals surface area (Å²) in [6.45, 7) is 4.03. The number of hydrogen-bond acceptors (Lipinski definition) is 3. The minimum atomic E-state index is -0.822. The lowest BCUT2D eigenvalue weighted by Crippen LogP contribution is -2.31. The topological polar surface area (TPSA) is 62.5 Å². The average molecular weight is 223 g/mol. The van der Waals surface area contributed by atoms with E-state index in [0.29, 0.717) is 6.42 Å². The lowest BCUT2D eigenvalue weighted by Gasteiger charge is -2.29. The molecule has 0 radical (unpaired) electrons. The van der Waals surface area contributed by atoms with Crippen LogP contribution in [-0.4, -0.2) is 14.8 Å². The summed E-state index contributed by atoms with van der Waals surface area (Å²) in [5.74, 6) is -0.300. The molecule has 1 unspecified atom stereocenters. The third-order valence-electron chi connectivity index (χ3n) is 3.91. The summed E-state index contributed by atoms with van der Waals surface area (Å²) in [5, 5.41) is 19.6. The molecule has 0 bridgehead atoms. The number of aliphatic hydroxyl groups is 1. The average Bonchev–Trinajstić information content (AvgIpc) is 2.58. The lowest BCUT2D eigenvalue weighted by molar-refractivity contribution is -0.0160. The quantitative estimate of drug-likeness (QED) is 0.796. The van der Waals surface area contributed by atoms with Gasteiger partial charge in [0.25, 0.3) is 5.56 Å². The van der Waals surface area contributed by atoms with Crippen molar-refractivity contribution in [2.45, 2.75) is 39.3 Å². The predicted octanol–water partition coefficient (Wildman–Crippen LogP) is 1.41. The van der Waals surface area contributed by atoms with Gasteiger partial charge >= 0.3 is 0 Å². The second-order valence-corrected chi connectivity index (χ2v) is 4.50. The summed E-state index contributed by atoms with van der Waals surface area (Å²) in [5.41, 5.74) is 0.0488. The molecule has 1 aromatic heterocycles. The molecule has 1 aliphatic rings. The molecule has 88 valence electrons. The first-order valence-electron chi connectivity index (χ1n) is 5.67. The van der Waals surface area contributed by atoms with Gasteiger partial charge in [0.1, 0.15) is 6.23 Å². The van der Waals surface area contributed by atoms with Gasteiger partial charge < -0.3 is 10.2 Å². The number of rotatable bonds is 2. The fourth-order valence-electron chi connectivity index (χ4n) is 2.58. The molecule has 2 heterocycles. The summed E-state index contributed by atoms with van der Waals surface area (Å²) in [4.78, 5) is 11.7. The largest absolute Gasteiger partial charge is 0.503 e. The van der Waals surface area contributed by atoms with Gasteiger partial charge in [-0.25, -0.2) is 0 Å². The van der Waals surface area contributed by atoms with Crippen molar-refractivity contribution in [1.29, 1.82) is 0 Å². The molecule has 0 saturated carbocycles. The number of nitrogens with zero attached hydrogens (tertiary/aromatic N) is 1. The standard InChI is InChI=1S/C12H17NO3/c1-3-12(4-2)7-8-5-6-9(14)10(15)13(8)11(12)16/h5-6,11,14,16H,3-4,7H2,1-2H3. The summed E-state index contributed by atoms with van der Waals surface area (Å²) in [7, 11) is 0. The molecule has 0 spiro atoms. The first-order chi connectivity index (χ1) is 7.55. The number of aliphatic hydroxyl groups excluding tert-OH is 1. The summed E-state index contributed by atoms with van der Waals surface area (Å²) in [6.07, 6.45) is 1.49. The SMILES string of the molecule is CCC1(CC)Cc2ccc(O)c(=O)n2C1O. The Kier molecular flexibility index (Phi) is 2.54. The van der Waals surface area contributed by atoms with Gasteiger partial charge in [-0.15, -0.1) is 0 Å². The monoisotopic (exact) mass is 223 g/mol. The Labute approximate surface area is 94.2 Å². The Morgan fingerprint density at radius 1 is 1.44 bits per heavy atom. The van der Waals surface area contributed by atoms with Crippen LogP contribution in [-0.2, 0) is 6.42 Å². The van der Waals surface area contributed by atoms with Crippen LogP contribution in [0.3, 0.4) is 0 Å². The molecule has 1 aromatic rings. The lowest BCUT2D eigenvalue weighted by atomic mass is 9.79. The van der Waals surface area contributed by atoms with Crippen LogP contribution in [0.2, 0.25) is 0 Å². The van der Waals surface area contributed by atoms with Crippen molar-refractivity contribution in [1.82, 2.24) is 4.57 Å². The van der Waals surface area contributed by atoms with E-state index in [1.165, 1.54) is 10.6 Å². The number of fused-ring (bicyclic) bond motifs is 1. The third-order valence-corrected chi connectivity index (χ3v) is 3.91. The number of aromatic nitrogens is 1. The van der Waals surface area contributed by atoms with Crippen molar-refractivity contribution >= 4 is 0 Å². The molecule has 4 nitrogen and oxygen atoms in total. The van der Waals surface area contributed by atoms with Crippen LogP contribution in [0.5, 0.6) is 5.75 Å². The van der Waals surface area contributed by atoms with E-state index in [1.807, 2.05) is 13.8 Å². The fourth-order valence-corrected chi connectivity index (χ4v) is 2.58. The maximum atomic E-state index is 11.7. The Morgan fingerprint density at radius 3 is 2.62 bits per heavy atom. The molecule has 16 heavy (non-hydrogen) atoms. The maximum Gasteiger partial charge on any atom is 0.294 e. The van der Waals surface area contributed by atoms with E-state index in [0.717, 1.165) is 18.5 Å². The van der Waals surface area contributed by atoms with E-state index in [4.69, 9.17) is 0 Å². The number of pyridine rings is 1. The Bertz CT molecular complexity index is 460. The van der Waals surface area contributed by atoms with Crippen molar-refractivity contribution in [3.8, 4) is 5.75 Å². The van der Waals surface area contributed by atoms with Crippen molar-refractivity contribution < 1.29 is 10.2 Å². The maximum absolute atomic E-state index is 11.7. The third kappa shape index (κ3) is 1.29. The second kappa shape index (κ2) is 3.63. The predicted molar refractivity (Wildman–Crippen MR) is 60.3 cm³/mol. The normalized spacial score (nSPS) is 22.1. The molecule has 4 heteroatoms. The number of aromatic hydroxyl groups is 1. The van der Waals surface area contributed by atoms with Crippen molar-refractivity contribution in [3.63, 3.8) is 0 Å². The van der Waals surface area contributed by atoms with Gasteiger partial charge in [-0.3, -0.25) is 9.36 Å². The Balaban J connectivity index is 2.59. The molecule has 2 N–H and O–H groups in total. The highest BCUT2D eigenvalue weighted by molar-refractivity contribution is 5.24. The molecule has 2 rings (SSSR count). The van der Waals surface area contributed by atoms with E-state index in [-0.39, 0.29) is 11.2 Å². The zero-order valence-electron chi connectivity index (χ0n) is 9.60. The summed E-state index contributed by atoms with van der Waals surface area (Å²) >= 11 is 0.